The van der Waals surface area contributed by atoms with Gasteiger partial charge in [-0.3, -0.25) is 19.3 Å². The number of imide groups is 2. The number of carbonyl (C=O) groups excluding carboxylic acids is 4. The normalized spacial score (nSPS) is 17.4. The first-order valence-corrected chi connectivity index (χ1v) is 9.19. The van der Waals surface area contributed by atoms with Crippen molar-refractivity contribution in [3.05, 3.63) is 23.8 Å². The van der Waals surface area contributed by atoms with Gasteiger partial charge in [0, 0.05) is 6.54 Å². The molecule has 9 nitrogen and oxygen atoms in total. The second-order valence-corrected chi connectivity index (χ2v) is 6.92. The molecule has 2 aliphatic heterocycles. The smallest absolute Gasteiger partial charge is 0.334 e. The van der Waals surface area contributed by atoms with E-state index in [-0.39, 0.29) is 18.5 Å². The number of amides is 5. The number of hydrogen-bond donors (Lipinski definition) is 1. The number of hydrogen-bond acceptors (Lipinski definition) is 6. The summed E-state index contributed by atoms with van der Waals surface area (Å²) >= 11 is 0. The molecule has 1 atom stereocenters. The van der Waals surface area contributed by atoms with E-state index in [1.807, 2.05) is 26.0 Å². The van der Waals surface area contributed by atoms with Crippen LogP contribution in [-0.4, -0.2) is 59.9 Å². The Morgan fingerprint density at radius 3 is 2.32 bits per heavy atom. The predicted molar refractivity (Wildman–Crippen MR) is 97.6 cm³/mol. The monoisotopic (exact) mass is 389 g/mol. The Balaban J connectivity index is 1.73. The second kappa shape index (κ2) is 7.87. The molecule has 0 unspecified atom stereocenters. The fourth-order valence-electron chi connectivity index (χ4n) is 3.22. The van der Waals surface area contributed by atoms with Gasteiger partial charge in [-0.15, -0.1) is 0 Å². The zero-order chi connectivity index (χ0) is 20.4. The van der Waals surface area contributed by atoms with Crippen molar-refractivity contribution in [2.24, 2.45) is 5.92 Å². The zero-order valence-electron chi connectivity index (χ0n) is 16.1. The SMILES string of the molecule is CCN1C(=O)C(=O)N(CC(=O)N[C@H](c2ccc3c(c2)OCCO3)C(C)C)C1=O. The van der Waals surface area contributed by atoms with Crippen LogP contribution in [0.3, 0.4) is 0 Å². The molecule has 0 aliphatic carbocycles. The summed E-state index contributed by atoms with van der Waals surface area (Å²) in [5.74, 6) is -1.13. The Bertz CT molecular complexity index is 822. The number of nitrogens with one attached hydrogen (secondary N) is 1. The summed E-state index contributed by atoms with van der Waals surface area (Å²) in [5, 5.41) is 2.84. The minimum atomic E-state index is -0.984. The number of nitrogens with zero attached hydrogens (tertiary/aromatic N) is 2. The fourth-order valence-corrected chi connectivity index (χ4v) is 3.22. The van der Waals surface area contributed by atoms with Gasteiger partial charge in [-0.2, -0.15) is 0 Å². The number of rotatable bonds is 6. The van der Waals surface area contributed by atoms with E-state index in [0.29, 0.717) is 29.6 Å². The molecule has 2 aliphatic rings. The van der Waals surface area contributed by atoms with Crippen LogP contribution in [-0.2, 0) is 14.4 Å². The van der Waals surface area contributed by atoms with E-state index in [1.54, 1.807) is 13.0 Å². The summed E-state index contributed by atoms with van der Waals surface area (Å²) in [6, 6.07) is 4.31. The van der Waals surface area contributed by atoms with Gasteiger partial charge in [0.15, 0.2) is 11.5 Å². The maximum atomic E-state index is 12.5. The van der Waals surface area contributed by atoms with Crippen molar-refractivity contribution in [3.8, 4) is 11.5 Å². The summed E-state index contributed by atoms with van der Waals surface area (Å²) < 4.78 is 11.1. The Kier molecular flexibility index (Phi) is 5.53. The van der Waals surface area contributed by atoms with Gasteiger partial charge in [-0.25, -0.2) is 9.69 Å². The summed E-state index contributed by atoms with van der Waals surface area (Å²) in [7, 11) is 0. The molecule has 5 amide bonds. The third-order valence-corrected chi connectivity index (χ3v) is 4.66. The van der Waals surface area contributed by atoms with Gasteiger partial charge in [-0.05, 0) is 30.5 Å². The van der Waals surface area contributed by atoms with Crippen LogP contribution in [0, 0.1) is 5.92 Å². The van der Waals surface area contributed by atoms with E-state index < -0.39 is 30.3 Å². The van der Waals surface area contributed by atoms with Crippen molar-refractivity contribution in [3.63, 3.8) is 0 Å². The van der Waals surface area contributed by atoms with E-state index in [0.717, 1.165) is 10.5 Å². The average Bonchev–Trinajstić information content (AvgIpc) is 2.88. The largest absolute Gasteiger partial charge is 0.486 e. The summed E-state index contributed by atoms with van der Waals surface area (Å²) in [4.78, 5) is 49.9. The van der Waals surface area contributed by atoms with E-state index >= 15 is 0 Å². The molecule has 2 heterocycles. The number of carbonyl (C=O) groups is 4. The minimum Gasteiger partial charge on any atom is -0.486 e. The Hall–Kier alpha value is -3.10. The summed E-state index contributed by atoms with van der Waals surface area (Å²) in [5.41, 5.74) is 0.818. The molecule has 0 bridgehead atoms. The predicted octanol–water partition coefficient (Wildman–Crippen LogP) is 1.08. The number of fused-ring (bicyclic) bond motifs is 1. The van der Waals surface area contributed by atoms with Gasteiger partial charge in [0.2, 0.25) is 5.91 Å². The van der Waals surface area contributed by atoms with Gasteiger partial charge < -0.3 is 14.8 Å². The molecule has 150 valence electrons. The fraction of sp³-hybridized carbons (Fsp3) is 0.474. The molecular weight excluding hydrogens is 366 g/mol. The highest BCUT2D eigenvalue weighted by atomic mass is 16.6. The molecule has 1 aromatic rings. The van der Waals surface area contributed by atoms with Gasteiger partial charge in [0.1, 0.15) is 19.8 Å². The number of urea groups is 1. The van der Waals surface area contributed by atoms with Crippen LogP contribution in [0.1, 0.15) is 32.4 Å². The van der Waals surface area contributed by atoms with Crippen LogP contribution >= 0.6 is 0 Å². The van der Waals surface area contributed by atoms with Crippen LogP contribution in [0.15, 0.2) is 18.2 Å². The summed E-state index contributed by atoms with van der Waals surface area (Å²) in [6.07, 6.45) is 0. The highest BCUT2D eigenvalue weighted by Gasteiger charge is 2.44. The van der Waals surface area contributed by atoms with Crippen molar-refractivity contribution in [1.82, 2.24) is 15.1 Å². The molecule has 0 saturated carbocycles. The zero-order valence-corrected chi connectivity index (χ0v) is 16.1. The maximum Gasteiger partial charge on any atom is 0.334 e. The number of likely N-dealkylation sites (N-methyl/N-ethyl adjacent to an activating group) is 1. The quantitative estimate of drug-likeness (QED) is 0.577. The molecule has 0 aromatic heterocycles. The van der Waals surface area contributed by atoms with Crippen molar-refractivity contribution in [2.75, 3.05) is 26.3 Å². The van der Waals surface area contributed by atoms with Crippen LogP contribution in [0.5, 0.6) is 11.5 Å². The lowest BCUT2D eigenvalue weighted by Gasteiger charge is -2.26. The third kappa shape index (κ3) is 3.64. The lowest BCUT2D eigenvalue weighted by molar-refractivity contribution is -0.144. The topological polar surface area (TPSA) is 105 Å². The van der Waals surface area contributed by atoms with Crippen molar-refractivity contribution in [2.45, 2.75) is 26.8 Å². The van der Waals surface area contributed by atoms with E-state index in [4.69, 9.17) is 9.47 Å². The Morgan fingerprint density at radius 1 is 1.07 bits per heavy atom. The van der Waals surface area contributed by atoms with Gasteiger partial charge in [0.05, 0.1) is 6.04 Å². The first-order valence-electron chi connectivity index (χ1n) is 9.19. The minimum absolute atomic E-state index is 0.0327. The second-order valence-electron chi connectivity index (χ2n) is 6.92. The van der Waals surface area contributed by atoms with Crippen LogP contribution in [0.2, 0.25) is 0 Å². The van der Waals surface area contributed by atoms with Crippen LogP contribution < -0.4 is 14.8 Å². The Labute approximate surface area is 162 Å². The third-order valence-electron chi connectivity index (χ3n) is 4.66. The van der Waals surface area contributed by atoms with Crippen molar-refractivity contribution in [1.29, 1.82) is 0 Å². The first kappa shape index (κ1) is 19.7. The molecular formula is C19H23N3O6. The number of benzene rings is 1. The van der Waals surface area contributed by atoms with Crippen LogP contribution in [0.4, 0.5) is 4.79 Å². The van der Waals surface area contributed by atoms with E-state index in [9.17, 15) is 19.2 Å². The van der Waals surface area contributed by atoms with Crippen molar-refractivity contribution < 1.29 is 28.7 Å². The molecule has 28 heavy (non-hydrogen) atoms. The van der Waals surface area contributed by atoms with Gasteiger partial charge >= 0.3 is 17.8 Å². The summed E-state index contributed by atoms with van der Waals surface area (Å²) in [6.45, 7) is 5.98. The molecule has 1 fully saturated rings. The van der Waals surface area contributed by atoms with Gasteiger partial charge in [-0.1, -0.05) is 19.9 Å². The molecule has 1 N–H and O–H groups in total. The van der Waals surface area contributed by atoms with Crippen molar-refractivity contribution >= 4 is 23.8 Å². The molecule has 0 radical (unpaired) electrons. The molecule has 1 saturated heterocycles. The first-order chi connectivity index (χ1) is 13.3. The van der Waals surface area contributed by atoms with E-state index in [1.165, 1.54) is 0 Å². The lowest BCUT2D eigenvalue weighted by atomic mass is 9.95. The van der Waals surface area contributed by atoms with Gasteiger partial charge in [0.25, 0.3) is 0 Å². The van der Waals surface area contributed by atoms with E-state index in [2.05, 4.69) is 5.32 Å². The highest BCUT2D eigenvalue weighted by Crippen LogP contribution is 2.34. The standard InChI is InChI=1S/C19H23N3O6/c1-4-21-17(24)18(25)22(19(21)26)10-15(23)20-16(11(2)3)12-5-6-13-14(9-12)28-8-7-27-13/h5-6,9,11,16H,4,7-8,10H2,1-3H3,(H,20,23)/t16-/m0/s1. The molecule has 3 rings (SSSR count). The molecule has 0 spiro atoms. The highest BCUT2D eigenvalue weighted by molar-refractivity contribution is 6.45. The maximum absolute atomic E-state index is 12.5. The number of ether oxygens (including phenoxy) is 2. The average molecular weight is 389 g/mol. The van der Waals surface area contributed by atoms with Crippen LogP contribution in [0.25, 0.3) is 0 Å². The molecule has 1 aromatic carbocycles. The lowest BCUT2D eigenvalue weighted by Crippen LogP contribution is -2.43. The molecule has 9 heteroatoms. The Morgan fingerprint density at radius 2 is 1.71 bits per heavy atom.